The molecule has 0 radical (unpaired) electrons. The summed E-state index contributed by atoms with van der Waals surface area (Å²) in [5.41, 5.74) is 0. The molecule has 86 valence electrons. The molecule has 2 nitrogen and oxygen atoms in total. The second-order valence-corrected chi connectivity index (χ2v) is 11.3. The smallest absolute Gasteiger partial charge is 0.275 e. The van der Waals surface area contributed by atoms with Crippen LogP contribution in [0.25, 0.3) is 0 Å². The normalized spacial score (nSPS) is 13.6. The first kappa shape index (κ1) is 15.0. The van der Waals surface area contributed by atoms with Crippen molar-refractivity contribution < 1.29 is 4.79 Å². The summed E-state index contributed by atoms with van der Waals surface area (Å²) in [5.74, 6) is -0.636. The molecule has 0 spiro atoms. The third-order valence-electron chi connectivity index (χ3n) is 1.60. The lowest BCUT2D eigenvalue weighted by molar-refractivity contribution is -0.119. The van der Waals surface area contributed by atoms with Crippen LogP contribution in [0.3, 0.4) is 0 Å². The Morgan fingerprint density at radius 2 is 1.80 bits per heavy atom. The summed E-state index contributed by atoms with van der Waals surface area (Å²) in [7, 11) is -1.67. The molecule has 0 saturated carbocycles. The molecule has 1 amide bonds. The Balaban J connectivity index is 4.82. The van der Waals surface area contributed by atoms with E-state index in [0.29, 0.717) is 0 Å². The highest BCUT2D eigenvalue weighted by molar-refractivity contribution is 6.83. The van der Waals surface area contributed by atoms with Crippen molar-refractivity contribution in [2.24, 2.45) is 0 Å². The first-order valence-electron chi connectivity index (χ1n) is 4.30. The van der Waals surface area contributed by atoms with Crippen LogP contribution < -0.4 is 5.32 Å². The molecule has 6 heteroatoms. The fourth-order valence-electron chi connectivity index (χ4n) is 0.790. The zero-order valence-corrected chi connectivity index (χ0v) is 12.2. The SMILES string of the molecule is C=CC=C(NC(=O)C(Cl)(Cl)Cl)[Si](C)(C)C. The van der Waals surface area contributed by atoms with Gasteiger partial charge in [0.05, 0.1) is 8.07 Å². The summed E-state index contributed by atoms with van der Waals surface area (Å²) in [4.78, 5) is 11.4. The van der Waals surface area contributed by atoms with E-state index in [4.69, 9.17) is 34.8 Å². The van der Waals surface area contributed by atoms with E-state index in [0.717, 1.165) is 5.32 Å². The molecule has 0 aliphatic rings. The van der Waals surface area contributed by atoms with E-state index in [1.807, 2.05) is 0 Å². The number of carbonyl (C=O) groups is 1. The lowest BCUT2D eigenvalue weighted by atomic mass is 10.5. The number of hydrogen-bond acceptors (Lipinski definition) is 1. The Bertz CT molecular complexity index is 289. The number of halogens is 3. The minimum Gasteiger partial charge on any atom is -0.330 e. The van der Waals surface area contributed by atoms with Gasteiger partial charge in [0.25, 0.3) is 9.70 Å². The molecule has 0 atom stereocenters. The highest BCUT2D eigenvalue weighted by Gasteiger charge is 2.33. The van der Waals surface area contributed by atoms with Crippen LogP contribution in [0.15, 0.2) is 24.1 Å². The fraction of sp³-hybridized carbons (Fsp3) is 0.444. The van der Waals surface area contributed by atoms with E-state index in [-0.39, 0.29) is 0 Å². The Morgan fingerprint density at radius 3 is 2.07 bits per heavy atom. The lowest BCUT2D eigenvalue weighted by Gasteiger charge is -2.23. The van der Waals surface area contributed by atoms with E-state index in [1.54, 1.807) is 12.2 Å². The van der Waals surface area contributed by atoms with Gasteiger partial charge >= 0.3 is 0 Å². The number of alkyl halides is 3. The minimum atomic E-state index is -1.93. The minimum absolute atomic E-state index is 0.636. The van der Waals surface area contributed by atoms with Crippen molar-refractivity contribution in [3.8, 4) is 0 Å². The van der Waals surface area contributed by atoms with E-state index in [1.165, 1.54) is 0 Å². The fourth-order valence-corrected chi connectivity index (χ4v) is 2.04. The summed E-state index contributed by atoms with van der Waals surface area (Å²) < 4.78 is -1.93. The molecule has 0 heterocycles. The second kappa shape index (κ2) is 5.39. The predicted octanol–water partition coefficient (Wildman–Crippen LogP) is 3.42. The van der Waals surface area contributed by atoms with Gasteiger partial charge in [-0.1, -0.05) is 67.1 Å². The predicted molar refractivity (Wildman–Crippen MR) is 70.1 cm³/mol. The zero-order valence-electron chi connectivity index (χ0n) is 8.90. The van der Waals surface area contributed by atoms with Crippen molar-refractivity contribution in [1.29, 1.82) is 0 Å². The molecule has 0 rings (SSSR count). The third-order valence-corrected chi connectivity index (χ3v) is 4.02. The Kier molecular flexibility index (Phi) is 5.40. The summed E-state index contributed by atoms with van der Waals surface area (Å²) in [6.07, 6.45) is 3.34. The first-order chi connectivity index (χ1) is 6.59. The summed E-state index contributed by atoms with van der Waals surface area (Å²) in [6.45, 7) is 9.79. The van der Waals surface area contributed by atoms with Gasteiger partial charge in [-0.2, -0.15) is 0 Å². The molecular weight excluding hydrogens is 273 g/mol. The van der Waals surface area contributed by atoms with Crippen molar-refractivity contribution in [3.63, 3.8) is 0 Å². The molecular formula is C9H14Cl3NOSi. The highest BCUT2D eigenvalue weighted by atomic mass is 35.6. The monoisotopic (exact) mass is 285 g/mol. The van der Waals surface area contributed by atoms with Gasteiger partial charge in [-0.3, -0.25) is 4.79 Å². The van der Waals surface area contributed by atoms with Crippen LogP contribution in [0.2, 0.25) is 19.6 Å². The van der Waals surface area contributed by atoms with Crippen molar-refractivity contribution in [2.45, 2.75) is 23.4 Å². The van der Waals surface area contributed by atoms with Crippen molar-refractivity contribution >= 4 is 48.8 Å². The van der Waals surface area contributed by atoms with Crippen molar-refractivity contribution in [1.82, 2.24) is 5.32 Å². The van der Waals surface area contributed by atoms with E-state index < -0.39 is 17.8 Å². The molecule has 0 aromatic carbocycles. The third kappa shape index (κ3) is 5.61. The molecule has 0 bridgehead atoms. The lowest BCUT2D eigenvalue weighted by Crippen LogP contribution is -2.42. The van der Waals surface area contributed by atoms with Gasteiger partial charge in [0.2, 0.25) is 0 Å². The van der Waals surface area contributed by atoms with Gasteiger partial charge in [0.15, 0.2) is 0 Å². The molecule has 15 heavy (non-hydrogen) atoms. The topological polar surface area (TPSA) is 29.1 Å². The maximum absolute atomic E-state index is 11.4. The molecule has 0 aliphatic carbocycles. The van der Waals surface area contributed by atoms with Crippen LogP contribution in [0.1, 0.15) is 0 Å². The number of hydrogen-bond donors (Lipinski definition) is 1. The summed E-state index contributed by atoms with van der Waals surface area (Å²) in [5, 5.41) is 3.40. The van der Waals surface area contributed by atoms with E-state index in [9.17, 15) is 4.79 Å². The molecule has 0 aromatic rings. The number of rotatable bonds is 3. The molecule has 1 N–H and O–H groups in total. The van der Waals surface area contributed by atoms with E-state index in [2.05, 4.69) is 31.5 Å². The molecule has 0 saturated heterocycles. The van der Waals surface area contributed by atoms with Crippen LogP contribution in [-0.4, -0.2) is 17.8 Å². The standard InChI is InChI=1S/C9H14Cl3NOSi/c1-5-6-7(15(2,3)4)13-8(14)9(10,11)12/h5-6H,1H2,2-4H3,(H,13,14). The van der Waals surface area contributed by atoms with Crippen molar-refractivity contribution in [2.75, 3.05) is 0 Å². The zero-order chi connectivity index (χ0) is 12.3. The molecule has 0 aromatic heterocycles. The number of allylic oxidation sites excluding steroid dienone is 2. The van der Waals surface area contributed by atoms with Crippen LogP contribution >= 0.6 is 34.8 Å². The van der Waals surface area contributed by atoms with E-state index >= 15 is 0 Å². The second-order valence-electron chi connectivity index (χ2n) is 4.02. The average molecular weight is 287 g/mol. The maximum Gasteiger partial charge on any atom is 0.275 e. The Labute approximate surface area is 106 Å². The largest absolute Gasteiger partial charge is 0.330 e. The number of carbonyl (C=O) groups excluding carboxylic acids is 1. The van der Waals surface area contributed by atoms with Gasteiger partial charge in [-0.15, -0.1) is 0 Å². The van der Waals surface area contributed by atoms with Gasteiger partial charge < -0.3 is 5.32 Å². The van der Waals surface area contributed by atoms with Crippen LogP contribution in [0, 0.1) is 0 Å². The Morgan fingerprint density at radius 1 is 1.33 bits per heavy atom. The van der Waals surface area contributed by atoms with Gasteiger partial charge in [-0.25, -0.2) is 0 Å². The average Bonchev–Trinajstić information content (AvgIpc) is 1.99. The van der Waals surface area contributed by atoms with Crippen LogP contribution in [0.4, 0.5) is 0 Å². The van der Waals surface area contributed by atoms with Crippen LogP contribution in [-0.2, 0) is 4.79 Å². The van der Waals surface area contributed by atoms with Crippen LogP contribution in [0.5, 0.6) is 0 Å². The number of nitrogens with one attached hydrogen (secondary N) is 1. The highest BCUT2D eigenvalue weighted by Crippen LogP contribution is 2.27. The molecule has 0 aliphatic heterocycles. The van der Waals surface area contributed by atoms with Crippen molar-refractivity contribution in [3.05, 3.63) is 24.1 Å². The number of amides is 1. The Hall–Kier alpha value is 0.0369. The quantitative estimate of drug-likeness (QED) is 0.481. The summed E-state index contributed by atoms with van der Waals surface area (Å²) in [6, 6.07) is 0. The first-order valence-corrected chi connectivity index (χ1v) is 8.94. The summed E-state index contributed by atoms with van der Waals surface area (Å²) >= 11 is 16.4. The maximum atomic E-state index is 11.4. The molecule has 0 unspecified atom stereocenters. The van der Waals surface area contributed by atoms with Gasteiger partial charge in [-0.05, 0) is 6.08 Å². The van der Waals surface area contributed by atoms with Gasteiger partial charge in [0.1, 0.15) is 0 Å². The molecule has 0 fully saturated rings. The van der Waals surface area contributed by atoms with Gasteiger partial charge in [0, 0.05) is 5.32 Å².